The van der Waals surface area contributed by atoms with E-state index in [1.165, 1.54) is 18.9 Å². The maximum atomic E-state index is 13.9. The van der Waals surface area contributed by atoms with Gasteiger partial charge in [-0.2, -0.15) is 0 Å². The molecule has 1 amide bonds. The number of unbranched alkanes of at least 4 members (excludes halogenated alkanes) is 3. The lowest BCUT2D eigenvalue weighted by molar-refractivity contribution is -0.121. The number of nitrogens with one attached hydrogen (secondary N) is 1. The minimum Gasteiger partial charge on any atom is -0.356 e. The quantitative estimate of drug-likeness (QED) is 0.486. The zero-order valence-electron chi connectivity index (χ0n) is 16.7. The second-order valence-electron chi connectivity index (χ2n) is 7.43. The van der Waals surface area contributed by atoms with Gasteiger partial charge in [0.25, 0.3) is 0 Å². The number of amides is 1. The fourth-order valence-electron chi connectivity index (χ4n) is 3.82. The second-order valence-corrected chi connectivity index (χ2v) is 7.43. The van der Waals surface area contributed by atoms with Gasteiger partial charge >= 0.3 is 0 Å². The predicted molar refractivity (Wildman–Crippen MR) is 113 cm³/mol. The summed E-state index contributed by atoms with van der Waals surface area (Å²) in [6.07, 6.45) is 6.88. The van der Waals surface area contributed by atoms with Crippen molar-refractivity contribution in [2.45, 2.75) is 44.9 Å². The number of halogens is 1. The fraction of sp³-hybridized carbons (Fsp3) is 0.375. The van der Waals surface area contributed by atoms with E-state index in [-0.39, 0.29) is 17.6 Å². The normalized spacial score (nSPS) is 12.2. The van der Waals surface area contributed by atoms with Crippen molar-refractivity contribution in [1.82, 2.24) is 9.88 Å². The summed E-state index contributed by atoms with van der Waals surface area (Å²) in [5, 5.41) is 4.15. The number of carbonyl (C=O) groups excluding carboxylic acids is 1. The van der Waals surface area contributed by atoms with Gasteiger partial charge in [0, 0.05) is 43.0 Å². The summed E-state index contributed by atoms with van der Waals surface area (Å²) in [6.45, 7) is 2.87. The van der Waals surface area contributed by atoms with Gasteiger partial charge in [-0.15, -0.1) is 0 Å². The van der Waals surface area contributed by atoms with Crippen molar-refractivity contribution >= 4 is 16.8 Å². The van der Waals surface area contributed by atoms with E-state index in [1.54, 1.807) is 12.1 Å². The van der Waals surface area contributed by atoms with Gasteiger partial charge in [-0.1, -0.05) is 56.5 Å². The third kappa shape index (κ3) is 4.80. The van der Waals surface area contributed by atoms with Crippen molar-refractivity contribution in [3.8, 4) is 0 Å². The Morgan fingerprint density at radius 3 is 2.71 bits per heavy atom. The molecule has 1 aromatic heterocycles. The third-order valence-electron chi connectivity index (χ3n) is 5.30. The van der Waals surface area contributed by atoms with Gasteiger partial charge in [-0.3, -0.25) is 4.79 Å². The van der Waals surface area contributed by atoms with E-state index in [0.717, 1.165) is 34.9 Å². The molecule has 0 aliphatic heterocycles. The molecular formula is C24H29FN2O. The third-order valence-corrected chi connectivity index (χ3v) is 5.30. The Morgan fingerprint density at radius 2 is 1.93 bits per heavy atom. The SMILES string of the molecule is CCCCCCNC(=O)CC(c1cccc(F)c1)c1cn(C)c2ccccc12. The minimum absolute atomic E-state index is 0.0127. The number of hydrogen-bond donors (Lipinski definition) is 1. The van der Waals surface area contributed by atoms with Crippen molar-refractivity contribution in [3.63, 3.8) is 0 Å². The van der Waals surface area contributed by atoms with E-state index in [9.17, 15) is 9.18 Å². The Hall–Kier alpha value is -2.62. The van der Waals surface area contributed by atoms with Gasteiger partial charge in [0.1, 0.15) is 5.82 Å². The minimum atomic E-state index is -0.275. The Morgan fingerprint density at radius 1 is 1.11 bits per heavy atom. The van der Waals surface area contributed by atoms with Crippen LogP contribution in [0.2, 0.25) is 0 Å². The van der Waals surface area contributed by atoms with E-state index in [2.05, 4.69) is 35.1 Å². The topological polar surface area (TPSA) is 34.0 Å². The van der Waals surface area contributed by atoms with Gasteiger partial charge in [0.15, 0.2) is 0 Å². The van der Waals surface area contributed by atoms with E-state index < -0.39 is 0 Å². The van der Waals surface area contributed by atoms with Crippen LogP contribution < -0.4 is 5.32 Å². The van der Waals surface area contributed by atoms with Crippen LogP contribution in [0.3, 0.4) is 0 Å². The van der Waals surface area contributed by atoms with Gasteiger partial charge < -0.3 is 9.88 Å². The molecule has 0 aliphatic rings. The first-order valence-electron chi connectivity index (χ1n) is 10.2. The molecule has 1 N–H and O–H groups in total. The van der Waals surface area contributed by atoms with Crippen molar-refractivity contribution in [2.75, 3.05) is 6.54 Å². The number of para-hydroxylation sites is 1. The summed E-state index contributed by atoms with van der Waals surface area (Å²) >= 11 is 0. The lowest BCUT2D eigenvalue weighted by atomic mass is 9.88. The zero-order valence-corrected chi connectivity index (χ0v) is 16.7. The first-order valence-corrected chi connectivity index (χ1v) is 10.2. The average molecular weight is 381 g/mol. The lowest BCUT2D eigenvalue weighted by Gasteiger charge is -2.17. The number of rotatable bonds is 9. The summed E-state index contributed by atoms with van der Waals surface area (Å²) in [4.78, 5) is 12.6. The Kier molecular flexibility index (Phi) is 6.85. The summed E-state index contributed by atoms with van der Waals surface area (Å²) in [7, 11) is 2.00. The molecule has 0 spiro atoms. The first kappa shape index (κ1) is 20.1. The van der Waals surface area contributed by atoms with Crippen LogP contribution in [-0.2, 0) is 11.8 Å². The van der Waals surface area contributed by atoms with E-state index in [0.29, 0.717) is 13.0 Å². The van der Waals surface area contributed by atoms with Crippen LogP contribution in [0.1, 0.15) is 56.1 Å². The Bertz CT molecular complexity index is 931. The van der Waals surface area contributed by atoms with Crippen LogP contribution in [0.4, 0.5) is 4.39 Å². The molecule has 1 unspecified atom stereocenters. The van der Waals surface area contributed by atoms with Crippen LogP contribution >= 0.6 is 0 Å². The van der Waals surface area contributed by atoms with Crippen molar-refractivity contribution in [1.29, 1.82) is 0 Å². The van der Waals surface area contributed by atoms with Crippen molar-refractivity contribution in [2.24, 2.45) is 7.05 Å². The highest BCUT2D eigenvalue weighted by molar-refractivity contribution is 5.86. The molecule has 4 heteroatoms. The highest BCUT2D eigenvalue weighted by Gasteiger charge is 2.22. The van der Waals surface area contributed by atoms with Crippen LogP contribution in [0, 0.1) is 5.82 Å². The van der Waals surface area contributed by atoms with Gasteiger partial charge in [0.05, 0.1) is 0 Å². The monoisotopic (exact) mass is 380 g/mol. The van der Waals surface area contributed by atoms with E-state index in [1.807, 2.05) is 25.2 Å². The summed E-state index contributed by atoms with van der Waals surface area (Å²) in [5.41, 5.74) is 3.00. The molecule has 2 aromatic carbocycles. The number of nitrogens with zero attached hydrogens (tertiary/aromatic N) is 1. The summed E-state index contributed by atoms with van der Waals surface area (Å²) in [6, 6.07) is 14.7. The van der Waals surface area contributed by atoms with Crippen LogP contribution in [0.15, 0.2) is 54.7 Å². The average Bonchev–Trinajstić information content (AvgIpc) is 3.03. The molecular weight excluding hydrogens is 351 g/mol. The van der Waals surface area contributed by atoms with Crippen molar-refractivity contribution < 1.29 is 9.18 Å². The number of fused-ring (bicyclic) bond motifs is 1. The molecule has 28 heavy (non-hydrogen) atoms. The molecule has 3 aromatic rings. The molecule has 0 saturated carbocycles. The highest BCUT2D eigenvalue weighted by Crippen LogP contribution is 2.34. The molecule has 0 aliphatic carbocycles. The molecule has 148 valence electrons. The number of aryl methyl sites for hydroxylation is 1. The maximum absolute atomic E-state index is 13.9. The molecule has 1 atom stereocenters. The van der Waals surface area contributed by atoms with Gasteiger partial charge in [-0.25, -0.2) is 4.39 Å². The molecule has 0 fully saturated rings. The van der Waals surface area contributed by atoms with Crippen molar-refractivity contribution in [3.05, 3.63) is 71.7 Å². The molecule has 1 heterocycles. The second kappa shape index (κ2) is 9.54. The zero-order chi connectivity index (χ0) is 19.9. The van der Waals surface area contributed by atoms with Crippen LogP contribution in [-0.4, -0.2) is 17.0 Å². The van der Waals surface area contributed by atoms with Gasteiger partial charge in [-0.05, 0) is 35.7 Å². The number of hydrogen-bond acceptors (Lipinski definition) is 1. The fourth-order valence-corrected chi connectivity index (χ4v) is 3.82. The Balaban J connectivity index is 1.85. The summed E-state index contributed by atoms with van der Waals surface area (Å²) in [5.74, 6) is -0.446. The van der Waals surface area contributed by atoms with E-state index >= 15 is 0 Å². The first-order chi connectivity index (χ1) is 13.6. The van der Waals surface area contributed by atoms with E-state index in [4.69, 9.17) is 0 Å². The van der Waals surface area contributed by atoms with Crippen LogP contribution in [0.25, 0.3) is 10.9 Å². The standard InChI is InChI=1S/C24H29FN2O/c1-3-4-5-8-14-26-24(28)16-21(18-10-9-11-19(25)15-18)22-17-27(2)23-13-7-6-12-20(22)23/h6-7,9-13,15,17,21H,3-5,8,14,16H2,1-2H3,(H,26,28). The summed E-state index contributed by atoms with van der Waals surface area (Å²) < 4.78 is 16.0. The molecule has 0 saturated heterocycles. The smallest absolute Gasteiger partial charge is 0.220 e. The molecule has 3 rings (SSSR count). The molecule has 0 radical (unpaired) electrons. The number of carbonyl (C=O) groups is 1. The number of benzene rings is 2. The highest BCUT2D eigenvalue weighted by atomic mass is 19.1. The largest absolute Gasteiger partial charge is 0.356 e. The van der Waals surface area contributed by atoms with Gasteiger partial charge in [0.2, 0.25) is 5.91 Å². The van der Waals surface area contributed by atoms with Crippen LogP contribution in [0.5, 0.6) is 0 Å². The predicted octanol–water partition coefficient (Wildman–Crippen LogP) is 5.54. The molecule has 0 bridgehead atoms. The lowest BCUT2D eigenvalue weighted by Crippen LogP contribution is -2.26. The molecule has 3 nitrogen and oxygen atoms in total. The Labute approximate surface area is 166 Å². The maximum Gasteiger partial charge on any atom is 0.220 e. The number of aromatic nitrogens is 1.